The second kappa shape index (κ2) is 4.28. The molecule has 1 fully saturated rings. The highest BCUT2D eigenvalue weighted by Crippen LogP contribution is 2.38. The summed E-state index contributed by atoms with van der Waals surface area (Å²) in [5.74, 6) is 4.03. The average molecular weight is 220 g/mol. The maximum Gasteiger partial charge on any atom is 0.134 e. The van der Waals surface area contributed by atoms with Gasteiger partial charge in [0.1, 0.15) is 17.5 Å². The number of nitrogens with zero attached hydrogens (tertiary/aromatic N) is 3. The number of nitrogens with two attached hydrogens (primary N) is 1. The Hall–Kier alpha value is -1.32. The Morgan fingerprint density at radius 3 is 2.75 bits per heavy atom. The van der Waals surface area contributed by atoms with Crippen molar-refractivity contribution in [2.24, 2.45) is 11.8 Å². The number of nitrogen functional groups attached to an aromatic ring is 1. The largest absolute Gasteiger partial charge is 0.384 e. The summed E-state index contributed by atoms with van der Waals surface area (Å²) >= 11 is 0. The summed E-state index contributed by atoms with van der Waals surface area (Å²) < 4.78 is 0. The van der Waals surface area contributed by atoms with Gasteiger partial charge in [0, 0.05) is 26.1 Å². The minimum Gasteiger partial charge on any atom is -0.384 e. The Labute approximate surface area is 96.9 Å². The Morgan fingerprint density at radius 2 is 2.19 bits per heavy atom. The van der Waals surface area contributed by atoms with Crippen LogP contribution in [0.3, 0.4) is 0 Å². The first-order chi connectivity index (χ1) is 7.60. The molecule has 0 amide bonds. The van der Waals surface area contributed by atoms with Crippen LogP contribution >= 0.6 is 0 Å². The van der Waals surface area contributed by atoms with E-state index in [0.29, 0.717) is 5.82 Å². The van der Waals surface area contributed by atoms with E-state index in [1.54, 1.807) is 0 Å². The molecule has 0 spiro atoms. The van der Waals surface area contributed by atoms with Gasteiger partial charge in [-0.25, -0.2) is 9.97 Å². The summed E-state index contributed by atoms with van der Waals surface area (Å²) in [4.78, 5) is 10.9. The van der Waals surface area contributed by atoms with Crippen LogP contribution in [0.5, 0.6) is 0 Å². The zero-order valence-corrected chi connectivity index (χ0v) is 10.3. The zero-order chi connectivity index (χ0) is 11.7. The Morgan fingerprint density at radius 1 is 1.50 bits per heavy atom. The minimum absolute atomic E-state index is 0.567. The maximum atomic E-state index is 5.77. The van der Waals surface area contributed by atoms with Crippen LogP contribution < -0.4 is 10.6 Å². The molecule has 1 aliphatic carbocycles. The number of aryl methyl sites for hydroxylation is 1. The Balaban J connectivity index is 2.09. The number of aromatic nitrogens is 2. The van der Waals surface area contributed by atoms with Crippen LogP contribution in [-0.2, 0) is 6.42 Å². The fourth-order valence-corrected chi connectivity index (χ4v) is 1.96. The zero-order valence-electron chi connectivity index (χ0n) is 10.3. The second-order valence-electron chi connectivity index (χ2n) is 4.77. The monoisotopic (exact) mass is 220 g/mol. The molecule has 2 unspecified atom stereocenters. The number of hydrogen-bond acceptors (Lipinski definition) is 4. The third-order valence-electron chi connectivity index (χ3n) is 3.27. The SMILES string of the molecule is CCc1nc(N)cc(N(C)CC2CC2C)n1. The minimum atomic E-state index is 0.567. The normalized spacial score (nSPS) is 23.2. The Bertz CT molecular complexity index is 377. The molecule has 1 aliphatic rings. The summed E-state index contributed by atoms with van der Waals surface area (Å²) in [7, 11) is 2.08. The van der Waals surface area contributed by atoms with Crippen LogP contribution in [0.1, 0.15) is 26.1 Å². The first kappa shape index (κ1) is 11.2. The average Bonchev–Trinajstić information content (AvgIpc) is 2.93. The van der Waals surface area contributed by atoms with Gasteiger partial charge in [0.15, 0.2) is 0 Å². The number of anilines is 2. The van der Waals surface area contributed by atoms with Gasteiger partial charge in [-0.3, -0.25) is 0 Å². The van der Waals surface area contributed by atoms with Gasteiger partial charge in [-0.15, -0.1) is 0 Å². The fourth-order valence-electron chi connectivity index (χ4n) is 1.96. The summed E-state index contributed by atoms with van der Waals surface area (Å²) in [6.07, 6.45) is 2.16. The summed E-state index contributed by atoms with van der Waals surface area (Å²) in [5, 5.41) is 0. The van der Waals surface area contributed by atoms with E-state index in [1.807, 2.05) is 13.0 Å². The molecule has 2 N–H and O–H groups in total. The molecule has 2 atom stereocenters. The van der Waals surface area contributed by atoms with Gasteiger partial charge in [-0.1, -0.05) is 13.8 Å². The quantitative estimate of drug-likeness (QED) is 0.839. The predicted molar refractivity (Wildman–Crippen MR) is 66.4 cm³/mol. The van der Waals surface area contributed by atoms with Crippen molar-refractivity contribution in [2.45, 2.75) is 26.7 Å². The van der Waals surface area contributed by atoms with E-state index in [-0.39, 0.29) is 0 Å². The van der Waals surface area contributed by atoms with E-state index in [2.05, 4.69) is 28.8 Å². The summed E-state index contributed by atoms with van der Waals surface area (Å²) in [5.41, 5.74) is 5.77. The molecule has 0 aromatic carbocycles. The van der Waals surface area contributed by atoms with Gasteiger partial charge in [0.25, 0.3) is 0 Å². The molecule has 1 saturated carbocycles. The Kier molecular flexibility index (Phi) is 2.99. The van der Waals surface area contributed by atoms with Crippen molar-refractivity contribution in [3.8, 4) is 0 Å². The summed E-state index contributed by atoms with van der Waals surface area (Å²) in [6, 6.07) is 1.85. The van der Waals surface area contributed by atoms with E-state index >= 15 is 0 Å². The van der Waals surface area contributed by atoms with Gasteiger partial charge in [0.2, 0.25) is 0 Å². The van der Waals surface area contributed by atoms with Crippen LogP contribution in [0, 0.1) is 11.8 Å². The van der Waals surface area contributed by atoms with E-state index < -0.39 is 0 Å². The lowest BCUT2D eigenvalue weighted by atomic mass is 10.3. The van der Waals surface area contributed by atoms with Crippen molar-refractivity contribution in [3.05, 3.63) is 11.9 Å². The standard InChI is InChI=1S/C12H20N4/c1-4-11-14-10(13)6-12(15-11)16(3)7-9-5-8(9)2/h6,8-9H,4-5,7H2,1-3H3,(H2,13,14,15). The fraction of sp³-hybridized carbons (Fsp3) is 0.667. The molecular formula is C12H20N4. The highest BCUT2D eigenvalue weighted by Gasteiger charge is 2.33. The topological polar surface area (TPSA) is 55.0 Å². The maximum absolute atomic E-state index is 5.77. The first-order valence-electron chi connectivity index (χ1n) is 5.94. The van der Waals surface area contributed by atoms with E-state index in [0.717, 1.165) is 36.4 Å². The molecule has 1 aromatic heterocycles. The van der Waals surface area contributed by atoms with Gasteiger partial charge < -0.3 is 10.6 Å². The molecule has 0 bridgehead atoms. The number of rotatable bonds is 4. The number of hydrogen-bond donors (Lipinski definition) is 1. The highest BCUT2D eigenvalue weighted by molar-refractivity contribution is 5.46. The van der Waals surface area contributed by atoms with E-state index in [4.69, 9.17) is 5.73 Å². The van der Waals surface area contributed by atoms with Crippen LogP contribution in [0.2, 0.25) is 0 Å². The van der Waals surface area contributed by atoms with Crippen molar-refractivity contribution in [2.75, 3.05) is 24.2 Å². The van der Waals surface area contributed by atoms with Crippen LogP contribution in [-0.4, -0.2) is 23.6 Å². The van der Waals surface area contributed by atoms with Gasteiger partial charge in [0.05, 0.1) is 0 Å². The van der Waals surface area contributed by atoms with Gasteiger partial charge in [-0.2, -0.15) is 0 Å². The molecule has 2 rings (SSSR count). The van der Waals surface area contributed by atoms with E-state index in [9.17, 15) is 0 Å². The van der Waals surface area contributed by atoms with Crippen molar-refractivity contribution in [1.82, 2.24) is 9.97 Å². The lowest BCUT2D eigenvalue weighted by molar-refractivity contribution is 0.716. The van der Waals surface area contributed by atoms with Crippen molar-refractivity contribution < 1.29 is 0 Å². The van der Waals surface area contributed by atoms with Crippen molar-refractivity contribution >= 4 is 11.6 Å². The van der Waals surface area contributed by atoms with E-state index in [1.165, 1.54) is 6.42 Å². The van der Waals surface area contributed by atoms with Crippen molar-refractivity contribution in [3.63, 3.8) is 0 Å². The second-order valence-corrected chi connectivity index (χ2v) is 4.77. The molecular weight excluding hydrogens is 200 g/mol. The molecule has 88 valence electrons. The first-order valence-corrected chi connectivity index (χ1v) is 5.94. The molecule has 16 heavy (non-hydrogen) atoms. The molecule has 0 aliphatic heterocycles. The third-order valence-corrected chi connectivity index (χ3v) is 3.27. The molecule has 1 aromatic rings. The lowest BCUT2D eigenvalue weighted by Crippen LogP contribution is -2.22. The van der Waals surface area contributed by atoms with Crippen LogP contribution in [0.15, 0.2) is 6.07 Å². The smallest absolute Gasteiger partial charge is 0.134 e. The van der Waals surface area contributed by atoms with Gasteiger partial charge in [-0.05, 0) is 18.3 Å². The lowest BCUT2D eigenvalue weighted by Gasteiger charge is -2.18. The molecule has 1 heterocycles. The van der Waals surface area contributed by atoms with Crippen LogP contribution in [0.25, 0.3) is 0 Å². The molecule has 0 radical (unpaired) electrons. The highest BCUT2D eigenvalue weighted by atomic mass is 15.2. The molecule has 4 nitrogen and oxygen atoms in total. The van der Waals surface area contributed by atoms with Crippen LogP contribution in [0.4, 0.5) is 11.6 Å². The predicted octanol–water partition coefficient (Wildman–Crippen LogP) is 1.71. The molecule has 0 saturated heterocycles. The van der Waals surface area contributed by atoms with Crippen molar-refractivity contribution in [1.29, 1.82) is 0 Å². The summed E-state index contributed by atoms with van der Waals surface area (Å²) in [6.45, 7) is 5.41. The molecule has 4 heteroatoms. The van der Waals surface area contributed by atoms with Gasteiger partial charge >= 0.3 is 0 Å². The third kappa shape index (κ3) is 2.43.